The minimum Gasteiger partial charge on any atom is -0.357 e. The van der Waals surface area contributed by atoms with Crippen molar-refractivity contribution in [1.82, 2.24) is 15.2 Å². The number of anilines is 1. The molecule has 2 aliphatic rings. The number of nitrogens with one attached hydrogen (secondary N) is 1. The van der Waals surface area contributed by atoms with E-state index in [4.69, 9.17) is 0 Å². The Hall–Kier alpha value is -1.05. The van der Waals surface area contributed by atoms with E-state index in [2.05, 4.69) is 51.1 Å². The van der Waals surface area contributed by atoms with E-state index in [0.29, 0.717) is 5.41 Å². The van der Waals surface area contributed by atoms with E-state index in [0.717, 1.165) is 38.0 Å². The lowest BCUT2D eigenvalue weighted by molar-refractivity contribution is 0.151. The summed E-state index contributed by atoms with van der Waals surface area (Å²) < 4.78 is 0. The standard InChI is InChI=1S/C19H31N5.HI/c1-4-23(5-2)17-8-7-16(13-21-17)14-22-18(20-3)24-12-11-19(15-24)9-6-10-19;/h7-8,13H,4-6,9-12,14-15H2,1-3H3,(H,20,22);1H. The van der Waals surface area contributed by atoms with Crippen LogP contribution in [0.4, 0.5) is 5.82 Å². The second-order valence-electron chi connectivity index (χ2n) is 7.12. The van der Waals surface area contributed by atoms with Gasteiger partial charge in [0.25, 0.3) is 0 Å². The second-order valence-corrected chi connectivity index (χ2v) is 7.12. The fraction of sp³-hybridized carbons (Fsp3) is 0.684. The van der Waals surface area contributed by atoms with Crippen LogP contribution in [0, 0.1) is 5.41 Å². The Kier molecular flexibility index (Phi) is 7.34. The molecule has 25 heavy (non-hydrogen) atoms. The summed E-state index contributed by atoms with van der Waals surface area (Å²) in [6.07, 6.45) is 7.51. The smallest absolute Gasteiger partial charge is 0.193 e. The molecule has 2 fully saturated rings. The van der Waals surface area contributed by atoms with Gasteiger partial charge in [0.15, 0.2) is 5.96 Å². The summed E-state index contributed by atoms with van der Waals surface area (Å²) >= 11 is 0. The molecule has 0 aromatic carbocycles. The molecule has 6 heteroatoms. The minimum atomic E-state index is 0. The van der Waals surface area contributed by atoms with E-state index in [1.165, 1.54) is 37.8 Å². The molecule has 1 saturated carbocycles. The maximum Gasteiger partial charge on any atom is 0.193 e. The van der Waals surface area contributed by atoms with Crippen LogP contribution in [0.1, 0.15) is 45.1 Å². The first-order valence-electron chi connectivity index (χ1n) is 9.35. The van der Waals surface area contributed by atoms with Crippen molar-refractivity contribution in [1.29, 1.82) is 0 Å². The summed E-state index contributed by atoms with van der Waals surface area (Å²) in [4.78, 5) is 13.8. The molecule has 0 atom stereocenters. The monoisotopic (exact) mass is 457 g/mol. The van der Waals surface area contributed by atoms with E-state index in [9.17, 15) is 0 Å². The van der Waals surface area contributed by atoms with Crippen molar-refractivity contribution >= 4 is 35.8 Å². The van der Waals surface area contributed by atoms with Crippen LogP contribution in [-0.4, -0.2) is 49.1 Å². The Morgan fingerprint density at radius 3 is 2.52 bits per heavy atom. The number of nitrogens with zero attached hydrogens (tertiary/aromatic N) is 4. The largest absolute Gasteiger partial charge is 0.357 e. The number of aromatic nitrogens is 1. The molecule has 1 aliphatic heterocycles. The highest BCUT2D eigenvalue weighted by Crippen LogP contribution is 2.47. The highest BCUT2D eigenvalue weighted by molar-refractivity contribution is 14.0. The van der Waals surface area contributed by atoms with Crippen molar-refractivity contribution in [3.8, 4) is 0 Å². The predicted octanol–water partition coefficient (Wildman–Crippen LogP) is 3.50. The zero-order chi connectivity index (χ0) is 17.0. The SMILES string of the molecule is CCN(CC)c1ccc(CNC(=NC)N2CCC3(CCC3)C2)cn1.I. The van der Waals surface area contributed by atoms with Crippen molar-refractivity contribution in [2.75, 3.05) is 38.1 Å². The molecular formula is C19H32IN5. The summed E-state index contributed by atoms with van der Waals surface area (Å²) in [6.45, 7) is 9.40. The summed E-state index contributed by atoms with van der Waals surface area (Å²) in [7, 11) is 1.88. The van der Waals surface area contributed by atoms with Gasteiger partial charge in [-0.2, -0.15) is 0 Å². The molecule has 1 spiro atoms. The Bertz CT molecular complexity index is 564. The number of rotatable bonds is 5. The molecule has 140 valence electrons. The molecule has 1 aromatic rings. The Labute approximate surface area is 169 Å². The third-order valence-electron chi connectivity index (χ3n) is 5.71. The van der Waals surface area contributed by atoms with Crippen LogP contribution in [0.2, 0.25) is 0 Å². The Morgan fingerprint density at radius 2 is 2.04 bits per heavy atom. The van der Waals surface area contributed by atoms with Crippen molar-refractivity contribution in [3.63, 3.8) is 0 Å². The minimum absolute atomic E-state index is 0. The summed E-state index contributed by atoms with van der Waals surface area (Å²) in [5.74, 6) is 2.09. The van der Waals surface area contributed by atoms with Crippen molar-refractivity contribution < 1.29 is 0 Å². The van der Waals surface area contributed by atoms with Crippen molar-refractivity contribution in [2.24, 2.45) is 10.4 Å². The summed E-state index contributed by atoms with van der Waals surface area (Å²) in [6, 6.07) is 4.28. The predicted molar refractivity (Wildman–Crippen MR) is 116 cm³/mol. The van der Waals surface area contributed by atoms with Gasteiger partial charge in [-0.3, -0.25) is 4.99 Å². The molecule has 1 aliphatic carbocycles. The number of halogens is 1. The molecule has 3 rings (SSSR count). The Balaban J connectivity index is 0.00000225. The van der Waals surface area contributed by atoms with E-state index in [1.54, 1.807) is 0 Å². The van der Waals surface area contributed by atoms with E-state index < -0.39 is 0 Å². The molecule has 1 N–H and O–H groups in total. The number of aliphatic imine (C=N–C) groups is 1. The first kappa shape index (κ1) is 20.3. The average Bonchev–Trinajstić information content (AvgIpc) is 3.04. The van der Waals surface area contributed by atoms with Gasteiger partial charge in [-0.15, -0.1) is 24.0 Å². The molecule has 5 nitrogen and oxygen atoms in total. The zero-order valence-corrected chi connectivity index (χ0v) is 18.1. The fourth-order valence-corrected chi connectivity index (χ4v) is 3.97. The van der Waals surface area contributed by atoms with Gasteiger partial charge in [0.05, 0.1) is 0 Å². The van der Waals surface area contributed by atoms with Crippen LogP contribution in [0.3, 0.4) is 0 Å². The van der Waals surface area contributed by atoms with Crippen molar-refractivity contribution in [3.05, 3.63) is 23.9 Å². The average molecular weight is 457 g/mol. The molecule has 0 bridgehead atoms. The lowest BCUT2D eigenvalue weighted by atomic mass is 9.68. The van der Waals surface area contributed by atoms with Crippen LogP contribution in [0.15, 0.2) is 23.3 Å². The fourth-order valence-electron chi connectivity index (χ4n) is 3.97. The van der Waals surface area contributed by atoms with Crippen molar-refractivity contribution in [2.45, 2.75) is 46.1 Å². The number of hydrogen-bond donors (Lipinski definition) is 1. The zero-order valence-electron chi connectivity index (χ0n) is 15.8. The Morgan fingerprint density at radius 1 is 1.28 bits per heavy atom. The van der Waals surface area contributed by atoms with Crippen LogP contribution >= 0.6 is 24.0 Å². The highest BCUT2D eigenvalue weighted by Gasteiger charge is 2.43. The van der Waals surface area contributed by atoms with Gasteiger partial charge >= 0.3 is 0 Å². The lowest BCUT2D eigenvalue weighted by Gasteiger charge is -2.38. The second kappa shape index (κ2) is 9.05. The van der Waals surface area contributed by atoms with Crippen LogP contribution in [0.25, 0.3) is 0 Å². The number of hydrogen-bond acceptors (Lipinski definition) is 3. The number of pyridine rings is 1. The first-order chi connectivity index (χ1) is 11.7. The highest BCUT2D eigenvalue weighted by atomic mass is 127. The quantitative estimate of drug-likeness (QED) is 0.418. The van der Waals surface area contributed by atoms with Gasteiger partial charge < -0.3 is 15.1 Å². The summed E-state index contributed by atoms with van der Waals surface area (Å²) in [5, 5.41) is 3.51. The van der Waals surface area contributed by atoms with Gasteiger partial charge in [0.2, 0.25) is 0 Å². The molecule has 1 saturated heterocycles. The lowest BCUT2D eigenvalue weighted by Crippen LogP contribution is -2.42. The number of likely N-dealkylation sites (tertiary alicyclic amines) is 1. The molecule has 1 aromatic heterocycles. The van der Waals surface area contributed by atoms with Crippen LogP contribution in [0.5, 0.6) is 0 Å². The molecule has 2 heterocycles. The topological polar surface area (TPSA) is 43.8 Å². The van der Waals surface area contributed by atoms with E-state index >= 15 is 0 Å². The first-order valence-corrected chi connectivity index (χ1v) is 9.35. The van der Waals surface area contributed by atoms with Crippen LogP contribution < -0.4 is 10.2 Å². The van der Waals surface area contributed by atoms with Gasteiger partial charge in [-0.25, -0.2) is 4.98 Å². The third-order valence-corrected chi connectivity index (χ3v) is 5.71. The van der Waals surface area contributed by atoms with E-state index in [1.807, 2.05) is 13.2 Å². The maximum absolute atomic E-state index is 4.60. The van der Waals surface area contributed by atoms with Gasteiger partial charge in [0, 0.05) is 46.0 Å². The van der Waals surface area contributed by atoms with Gasteiger partial charge in [-0.05, 0) is 50.2 Å². The molecule has 0 unspecified atom stereocenters. The summed E-state index contributed by atoms with van der Waals surface area (Å²) in [5.41, 5.74) is 1.80. The number of guanidine groups is 1. The van der Waals surface area contributed by atoms with Gasteiger partial charge in [-0.1, -0.05) is 12.5 Å². The van der Waals surface area contributed by atoms with Crippen LogP contribution in [-0.2, 0) is 6.54 Å². The maximum atomic E-state index is 4.60. The van der Waals surface area contributed by atoms with E-state index in [-0.39, 0.29) is 24.0 Å². The molecule has 0 radical (unpaired) electrons. The molecule has 0 amide bonds. The third kappa shape index (κ3) is 4.57. The molecular weight excluding hydrogens is 425 g/mol. The van der Waals surface area contributed by atoms with Gasteiger partial charge in [0.1, 0.15) is 5.82 Å². The normalized spacial score (nSPS) is 18.7.